The molecule has 29 heavy (non-hydrogen) atoms. The molecule has 2 aromatic rings. The summed E-state index contributed by atoms with van der Waals surface area (Å²) in [5.74, 6) is 1.82. The van der Waals surface area contributed by atoms with Gasteiger partial charge in [0.2, 0.25) is 6.79 Å². The highest BCUT2D eigenvalue weighted by Gasteiger charge is 2.26. The molecule has 1 N–H and O–H groups in total. The molecule has 0 saturated carbocycles. The van der Waals surface area contributed by atoms with Crippen LogP contribution in [-0.4, -0.2) is 59.7 Å². The largest absolute Gasteiger partial charge is 0.454 e. The zero-order chi connectivity index (χ0) is 19.6. The fourth-order valence-electron chi connectivity index (χ4n) is 4.35. The van der Waals surface area contributed by atoms with Crippen LogP contribution in [0.2, 0.25) is 0 Å². The molecule has 1 amide bonds. The van der Waals surface area contributed by atoms with Crippen molar-refractivity contribution in [3.63, 3.8) is 0 Å². The van der Waals surface area contributed by atoms with Gasteiger partial charge in [0.1, 0.15) is 5.82 Å². The Morgan fingerprint density at radius 3 is 2.83 bits per heavy atom. The van der Waals surface area contributed by atoms with Gasteiger partial charge in [-0.05, 0) is 43.9 Å². The number of likely N-dealkylation sites (tertiary alicyclic amines) is 1. The van der Waals surface area contributed by atoms with Gasteiger partial charge in [0, 0.05) is 37.9 Å². The van der Waals surface area contributed by atoms with Crippen LogP contribution >= 0.6 is 0 Å². The number of anilines is 1. The SMILES string of the molecule is O=C(Nc1ccnn1C1CCN(CC2CCCO2)CC1)c1ccc2c(c1)OCO2. The van der Waals surface area contributed by atoms with Crippen molar-refractivity contribution >= 4 is 11.7 Å². The first-order valence-electron chi connectivity index (χ1n) is 10.3. The van der Waals surface area contributed by atoms with Gasteiger partial charge in [0.05, 0.1) is 18.3 Å². The van der Waals surface area contributed by atoms with Crippen molar-refractivity contribution in [3.8, 4) is 11.5 Å². The van der Waals surface area contributed by atoms with E-state index in [1.807, 2.05) is 10.7 Å². The smallest absolute Gasteiger partial charge is 0.256 e. The number of amides is 1. The Labute approximate surface area is 169 Å². The first-order chi connectivity index (χ1) is 14.3. The Balaban J connectivity index is 1.20. The Morgan fingerprint density at radius 1 is 1.14 bits per heavy atom. The molecule has 8 heteroatoms. The van der Waals surface area contributed by atoms with Gasteiger partial charge in [-0.2, -0.15) is 5.10 Å². The maximum atomic E-state index is 12.7. The summed E-state index contributed by atoms with van der Waals surface area (Å²) in [7, 11) is 0. The zero-order valence-electron chi connectivity index (χ0n) is 16.4. The minimum atomic E-state index is -0.180. The molecule has 3 aliphatic heterocycles. The van der Waals surface area contributed by atoms with E-state index in [1.54, 1.807) is 24.4 Å². The highest BCUT2D eigenvalue weighted by atomic mass is 16.7. The predicted molar refractivity (Wildman–Crippen MR) is 106 cm³/mol. The summed E-state index contributed by atoms with van der Waals surface area (Å²) in [6.45, 7) is 4.18. The number of piperidine rings is 1. The molecule has 2 fully saturated rings. The second-order valence-corrected chi connectivity index (χ2v) is 7.85. The second kappa shape index (κ2) is 8.04. The van der Waals surface area contributed by atoms with Gasteiger partial charge in [-0.15, -0.1) is 0 Å². The summed E-state index contributed by atoms with van der Waals surface area (Å²) in [6, 6.07) is 7.36. The maximum Gasteiger partial charge on any atom is 0.256 e. The average molecular weight is 398 g/mol. The lowest BCUT2D eigenvalue weighted by Gasteiger charge is -2.33. The third-order valence-electron chi connectivity index (χ3n) is 5.94. The van der Waals surface area contributed by atoms with Gasteiger partial charge in [0.25, 0.3) is 5.91 Å². The fraction of sp³-hybridized carbons (Fsp3) is 0.524. The van der Waals surface area contributed by atoms with Crippen LogP contribution in [0.25, 0.3) is 0 Å². The molecule has 1 atom stereocenters. The van der Waals surface area contributed by atoms with E-state index in [2.05, 4.69) is 15.3 Å². The van der Waals surface area contributed by atoms with Crippen LogP contribution in [0.5, 0.6) is 11.5 Å². The summed E-state index contributed by atoms with van der Waals surface area (Å²) >= 11 is 0. The number of hydrogen-bond acceptors (Lipinski definition) is 6. The number of carbonyl (C=O) groups is 1. The van der Waals surface area contributed by atoms with E-state index >= 15 is 0 Å². The molecule has 8 nitrogen and oxygen atoms in total. The third-order valence-corrected chi connectivity index (χ3v) is 5.94. The van der Waals surface area contributed by atoms with Crippen molar-refractivity contribution in [1.82, 2.24) is 14.7 Å². The maximum absolute atomic E-state index is 12.7. The van der Waals surface area contributed by atoms with Crippen LogP contribution in [-0.2, 0) is 4.74 Å². The molecule has 154 valence electrons. The number of aromatic nitrogens is 2. The monoisotopic (exact) mass is 398 g/mol. The topological polar surface area (TPSA) is 77.9 Å². The van der Waals surface area contributed by atoms with Gasteiger partial charge >= 0.3 is 0 Å². The Kier molecular flexibility index (Phi) is 5.12. The third kappa shape index (κ3) is 3.95. The van der Waals surface area contributed by atoms with E-state index in [-0.39, 0.29) is 18.7 Å². The lowest BCUT2D eigenvalue weighted by Crippen LogP contribution is -2.39. The standard InChI is InChI=1S/C21H26N4O4/c26-21(15-3-4-18-19(12-15)29-14-28-18)23-20-5-8-22-25(20)16-6-9-24(10-7-16)13-17-2-1-11-27-17/h3-5,8,12,16-17H,1-2,6-7,9-11,13-14H2,(H,23,26). The number of rotatable bonds is 5. The van der Waals surface area contributed by atoms with Gasteiger partial charge in [-0.3, -0.25) is 4.79 Å². The highest BCUT2D eigenvalue weighted by Crippen LogP contribution is 2.33. The van der Waals surface area contributed by atoms with Gasteiger partial charge in [-0.1, -0.05) is 0 Å². The van der Waals surface area contributed by atoms with E-state index < -0.39 is 0 Å². The molecule has 2 saturated heterocycles. The molecule has 3 aliphatic rings. The van der Waals surface area contributed by atoms with Crippen LogP contribution in [0.15, 0.2) is 30.5 Å². The molecule has 4 heterocycles. The summed E-state index contributed by atoms with van der Waals surface area (Å²) in [4.78, 5) is 15.2. The zero-order valence-corrected chi connectivity index (χ0v) is 16.4. The van der Waals surface area contributed by atoms with Crippen molar-refractivity contribution in [1.29, 1.82) is 0 Å². The summed E-state index contributed by atoms with van der Waals surface area (Å²) < 4.78 is 18.4. The average Bonchev–Trinajstić information content (AvgIpc) is 3.50. The molecule has 5 rings (SSSR count). The Morgan fingerprint density at radius 2 is 2.00 bits per heavy atom. The van der Waals surface area contributed by atoms with Crippen LogP contribution in [0.4, 0.5) is 5.82 Å². The summed E-state index contributed by atoms with van der Waals surface area (Å²) in [6.07, 6.45) is 6.53. The first kappa shape index (κ1) is 18.4. The highest BCUT2D eigenvalue weighted by molar-refractivity contribution is 6.04. The lowest BCUT2D eigenvalue weighted by atomic mass is 10.0. The molecule has 1 unspecified atom stereocenters. The first-order valence-corrected chi connectivity index (χ1v) is 10.3. The summed E-state index contributed by atoms with van der Waals surface area (Å²) in [5, 5.41) is 7.48. The van der Waals surface area contributed by atoms with Crippen molar-refractivity contribution in [2.75, 3.05) is 38.4 Å². The van der Waals surface area contributed by atoms with Gasteiger partial charge < -0.3 is 24.4 Å². The van der Waals surface area contributed by atoms with E-state index in [0.29, 0.717) is 23.2 Å². The number of ether oxygens (including phenoxy) is 3. The van der Waals surface area contributed by atoms with Crippen molar-refractivity contribution in [2.24, 2.45) is 0 Å². The Hall–Kier alpha value is -2.58. The number of fused-ring (bicyclic) bond motifs is 1. The normalized spacial score (nSPS) is 22.1. The quantitative estimate of drug-likeness (QED) is 0.834. The predicted octanol–water partition coefficient (Wildman–Crippen LogP) is 2.68. The van der Waals surface area contributed by atoms with Crippen molar-refractivity contribution in [2.45, 2.75) is 37.8 Å². The van der Waals surface area contributed by atoms with Crippen LogP contribution in [0.3, 0.4) is 0 Å². The van der Waals surface area contributed by atoms with Crippen molar-refractivity contribution < 1.29 is 19.0 Å². The molecule has 0 spiro atoms. The Bertz CT molecular complexity index is 869. The molecule has 1 aromatic heterocycles. The van der Waals surface area contributed by atoms with Gasteiger partial charge in [-0.25, -0.2) is 4.68 Å². The molecular weight excluding hydrogens is 372 g/mol. The molecular formula is C21H26N4O4. The van der Waals surface area contributed by atoms with Gasteiger partial charge in [0.15, 0.2) is 11.5 Å². The molecule has 0 bridgehead atoms. The van der Waals surface area contributed by atoms with E-state index in [0.717, 1.165) is 44.9 Å². The second-order valence-electron chi connectivity index (χ2n) is 7.85. The fourth-order valence-corrected chi connectivity index (χ4v) is 4.35. The minimum Gasteiger partial charge on any atom is -0.454 e. The summed E-state index contributed by atoms with van der Waals surface area (Å²) in [5.41, 5.74) is 0.536. The lowest BCUT2D eigenvalue weighted by molar-refractivity contribution is 0.0599. The molecule has 1 aromatic carbocycles. The number of nitrogens with zero attached hydrogens (tertiary/aromatic N) is 3. The van der Waals surface area contributed by atoms with Crippen molar-refractivity contribution in [3.05, 3.63) is 36.0 Å². The van der Waals surface area contributed by atoms with E-state index in [9.17, 15) is 4.79 Å². The number of benzene rings is 1. The van der Waals surface area contributed by atoms with Crippen LogP contribution in [0.1, 0.15) is 42.1 Å². The number of nitrogens with one attached hydrogen (secondary N) is 1. The molecule has 0 aliphatic carbocycles. The van der Waals surface area contributed by atoms with E-state index in [1.165, 1.54) is 12.8 Å². The number of carbonyl (C=O) groups excluding carboxylic acids is 1. The van der Waals surface area contributed by atoms with Crippen LogP contribution in [0, 0.1) is 0 Å². The number of hydrogen-bond donors (Lipinski definition) is 1. The molecule has 0 radical (unpaired) electrons. The van der Waals surface area contributed by atoms with E-state index in [4.69, 9.17) is 14.2 Å². The minimum absolute atomic E-state index is 0.180. The van der Waals surface area contributed by atoms with Crippen LogP contribution < -0.4 is 14.8 Å².